The minimum atomic E-state index is 0.0163. The van der Waals surface area contributed by atoms with Gasteiger partial charge in [-0.25, -0.2) is 4.98 Å². The van der Waals surface area contributed by atoms with Crippen LogP contribution >= 0.6 is 11.3 Å². The van der Waals surface area contributed by atoms with Gasteiger partial charge in [-0.2, -0.15) is 0 Å². The summed E-state index contributed by atoms with van der Waals surface area (Å²) in [6.45, 7) is 5.29. The van der Waals surface area contributed by atoms with E-state index in [1.54, 1.807) is 11.3 Å². The van der Waals surface area contributed by atoms with Crippen molar-refractivity contribution in [2.75, 3.05) is 23.3 Å². The number of nitrogens with one attached hydrogen (secondary N) is 1. The molecule has 0 saturated carbocycles. The lowest BCUT2D eigenvalue weighted by Crippen LogP contribution is -2.31. The van der Waals surface area contributed by atoms with Crippen molar-refractivity contribution in [1.29, 1.82) is 0 Å². The van der Waals surface area contributed by atoms with Gasteiger partial charge in [0.15, 0.2) is 0 Å². The van der Waals surface area contributed by atoms with Crippen LogP contribution in [0.3, 0.4) is 0 Å². The Balaban J connectivity index is 1.47. The minimum absolute atomic E-state index is 0.0163. The second-order valence-electron chi connectivity index (χ2n) is 6.68. The van der Waals surface area contributed by atoms with Crippen molar-refractivity contribution in [3.05, 3.63) is 64.0 Å². The highest BCUT2D eigenvalue weighted by atomic mass is 32.1. The van der Waals surface area contributed by atoms with Crippen molar-refractivity contribution in [2.45, 2.75) is 20.3 Å². The zero-order valence-electron chi connectivity index (χ0n) is 15.0. The van der Waals surface area contributed by atoms with Crippen LogP contribution in [0.2, 0.25) is 0 Å². The molecule has 0 unspecified atom stereocenters. The van der Waals surface area contributed by atoms with Gasteiger partial charge in [0.25, 0.3) is 0 Å². The largest absolute Gasteiger partial charge is 0.362 e. The molecule has 1 aliphatic rings. The number of nitrogens with zero attached hydrogens (tertiary/aromatic N) is 2. The molecular weight excluding hydrogens is 342 g/mol. The second kappa shape index (κ2) is 6.92. The van der Waals surface area contributed by atoms with E-state index in [4.69, 9.17) is 0 Å². The predicted molar refractivity (Wildman–Crippen MR) is 108 cm³/mol. The first-order valence-corrected chi connectivity index (χ1v) is 9.63. The van der Waals surface area contributed by atoms with Crippen LogP contribution in [0.15, 0.2) is 47.8 Å². The molecule has 2 heterocycles. The lowest BCUT2D eigenvalue weighted by atomic mass is 10.1. The normalized spacial score (nSPS) is 12.9. The third kappa shape index (κ3) is 3.48. The maximum Gasteiger partial charge on any atom is 0.243 e. The fraction of sp³-hybridized carbons (Fsp3) is 0.238. The Morgan fingerprint density at radius 1 is 1.23 bits per heavy atom. The van der Waals surface area contributed by atoms with Crippen molar-refractivity contribution >= 4 is 28.6 Å². The molecule has 2 aromatic carbocycles. The van der Waals surface area contributed by atoms with Crippen molar-refractivity contribution in [3.63, 3.8) is 0 Å². The van der Waals surface area contributed by atoms with Gasteiger partial charge in [0, 0.05) is 28.9 Å². The molecule has 1 N–H and O–H groups in total. The summed E-state index contributed by atoms with van der Waals surface area (Å²) in [7, 11) is 0. The molecule has 5 heteroatoms. The molecule has 1 amide bonds. The summed E-state index contributed by atoms with van der Waals surface area (Å²) in [5.41, 5.74) is 6.62. The molecule has 4 rings (SSSR count). The fourth-order valence-corrected chi connectivity index (χ4v) is 4.01. The van der Waals surface area contributed by atoms with Gasteiger partial charge >= 0.3 is 0 Å². The van der Waals surface area contributed by atoms with E-state index >= 15 is 0 Å². The molecule has 0 spiro atoms. The van der Waals surface area contributed by atoms with Crippen LogP contribution in [0.4, 0.5) is 11.4 Å². The number of carbonyl (C=O) groups excluding carboxylic acids is 1. The maximum absolute atomic E-state index is 12.4. The van der Waals surface area contributed by atoms with E-state index in [2.05, 4.69) is 38.8 Å². The van der Waals surface area contributed by atoms with Crippen LogP contribution in [0.25, 0.3) is 11.3 Å². The first-order valence-electron chi connectivity index (χ1n) is 8.75. The number of fused-ring (bicyclic) bond motifs is 1. The molecular formula is C21H21N3OS. The average Bonchev–Trinajstić information content (AvgIpc) is 3.21. The van der Waals surface area contributed by atoms with Crippen molar-refractivity contribution in [3.8, 4) is 11.3 Å². The number of anilines is 2. The Hall–Kier alpha value is -2.66. The van der Waals surface area contributed by atoms with Gasteiger partial charge in [0.05, 0.1) is 17.2 Å². The quantitative estimate of drug-likeness (QED) is 0.746. The molecule has 132 valence electrons. The standard InChI is InChI=1S/C21H21N3OS/c1-14-4-3-5-18(10-14)23-21(25)12-24-9-8-17-11-16(6-7-20(17)24)19-13-26-15(2)22-19/h3-7,10-11,13H,8-9,12H2,1-2H3,(H,23,25). The predicted octanol–water partition coefficient (Wildman–Crippen LogP) is 4.43. The number of hydrogen-bond acceptors (Lipinski definition) is 4. The Morgan fingerprint density at radius 2 is 2.12 bits per heavy atom. The number of aryl methyl sites for hydroxylation is 2. The van der Waals surface area contributed by atoms with Crippen LogP contribution in [0, 0.1) is 13.8 Å². The summed E-state index contributed by atoms with van der Waals surface area (Å²) in [5, 5.41) is 6.17. The van der Waals surface area contributed by atoms with E-state index in [0.717, 1.165) is 46.2 Å². The van der Waals surface area contributed by atoms with Crippen molar-refractivity contribution in [1.82, 2.24) is 4.98 Å². The third-order valence-corrected chi connectivity index (χ3v) is 5.40. The highest BCUT2D eigenvalue weighted by Crippen LogP contribution is 2.32. The summed E-state index contributed by atoms with van der Waals surface area (Å²) in [6.07, 6.45) is 0.962. The van der Waals surface area contributed by atoms with Gasteiger partial charge in [-0.3, -0.25) is 4.79 Å². The van der Waals surface area contributed by atoms with Crippen LogP contribution in [0.1, 0.15) is 16.1 Å². The van der Waals surface area contributed by atoms with E-state index in [-0.39, 0.29) is 5.91 Å². The smallest absolute Gasteiger partial charge is 0.243 e. The third-order valence-electron chi connectivity index (χ3n) is 4.62. The number of rotatable bonds is 4. The first-order chi connectivity index (χ1) is 12.6. The van der Waals surface area contributed by atoms with E-state index in [1.807, 2.05) is 38.1 Å². The van der Waals surface area contributed by atoms with E-state index in [0.29, 0.717) is 6.54 Å². The summed E-state index contributed by atoms with van der Waals surface area (Å²) >= 11 is 1.67. The zero-order valence-corrected chi connectivity index (χ0v) is 15.8. The number of benzene rings is 2. The summed E-state index contributed by atoms with van der Waals surface area (Å²) in [5.74, 6) is 0.0163. The Labute approximate surface area is 157 Å². The summed E-state index contributed by atoms with van der Waals surface area (Å²) < 4.78 is 0. The van der Waals surface area contributed by atoms with Crippen LogP contribution < -0.4 is 10.2 Å². The van der Waals surface area contributed by atoms with Gasteiger partial charge in [0.1, 0.15) is 0 Å². The Kier molecular flexibility index (Phi) is 4.47. The number of amides is 1. The van der Waals surface area contributed by atoms with Crippen molar-refractivity contribution in [2.24, 2.45) is 0 Å². The molecule has 0 bridgehead atoms. The molecule has 0 saturated heterocycles. The van der Waals surface area contributed by atoms with Crippen molar-refractivity contribution < 1.29 is 4.79 Å². The van der Waals surface area contributed by atoms with Gasteiger partial charge in [-0.15, -0.1) is 11.3 Å². The highest BCUT2D eigenvalue weighted by Gasteiger charge is 2.22. The second-order valence-corrected chi connectivity index (χ2v) is 7.75. The number of hydrogen-bond donors (Lipinski definition) is 1. The van der Waals surface area contributed by atoms with Crippen LogP contribution in [0.5, 0.6) is 0 Å². The molecule has 1 aromatic heterocycles. The Morgan fingerprint density at radius 3 is 2.88 bits per heavy atom. The lowest BCUT2D eigenvalue weighted by Gasteiger charge is -2.19. The molecule has 4 nitrogen and oxygen atoms in total. The van der Waals surface area contributed by atoms with Gasteiger partial charge in [-0.1, -0.05) is 18.2 Å². The van der Waals surface area contributed by atoms with Gasteiger partial charge in [0.2, 0.25) is 5.91 Å². The molecule has 0 aliphatic carbocycles. The SMILES string of the molecule is Cc1cccc(NC(=O)CN2CCc3cc(-c4csc(C)n4)ccc32)c1. The fourth-order valence-electron chi connectivity index (χ4n) is 3.39. The monoisotopic (exact) mass is 363 g/mol. The lowest BCUT2D eigenvalue weighted by molar-refractivity contribution is -0.115. The molecule has 26 heavy (non-hydrogen) atoms. The van der Waals surface area contributed by atoms with Crippen LogP contribution in [-0.2, 0) is 11.2 Å². The van der Waals surface area contributed by atoms with E-state index < -0.39 is 0 Å². The van der Waals surface area contributed by atoms with Gasteiger partial charge < -0.3 is 10.2 Å². The average molecular weight is 363 g/mol. The molecule has 3 aromatic rings. The molecule has 0 fully saturated rings. The molecule has 1 aliphatic heterocycles. The summed E-state index contributed by atoms with van der Waals surface area (Å²) in [4.78, 5) is 19.1. The maximum atomic E-state index is 12.4. The topological polar surface area (TPSA) is 45.2 Å². The van der Waals surface area contributed by atoms with Crippen LogP contribution in [-0.4, -0.2) is 24.0 Å². The first kappa shape index (κ1) is 16.8. The highest BCUT2D eigenvalue weighted by molar-refractivity contribution is 7.09. The van der Waals surface area contributed by atoms with Gasteiger partial charge in [-0.05, 0) is 55.7 Å². The number of thiazole rings is 1. The molecule has 0 atom stereocenters. The van der Waals surface area contributed by atoms with E-state index in [9.17, 15) is 4.79 Å². The number of aromatic nitrogens is 1. The minimum Gasteiger partial charge on any atom is -0.362 e. The number of carbonyl (C=O) groups is 1. The van der Waals surface area contributed by atoms with E-state index in [1.165, 1.54) is 5.56 Å². The zero-order chi connectivity index (χ0) is 18.1. The Bertz CT molecular complexity index is 963. The molecule has 0 radical (unpaired) electrons. The summed E-state index contributed by atoms with van der Waals surface area (Å²) in [6, 6.07) is 14.3.